The number of aromatic nitrogens is 3. The van der Waals surface area contributed by atoms with Crippen LogP contribution < -0.4 is 11.6 Å². The van der Waals surface area contributed by atoms with E-state index in [1.165, 1.54) is 28.6 Å². The molecule has 0 saturated heterocycles. The van der Waals surface area contributed by atoms with Gasteiger partial charge in [0.05, 0.1) is 22.1 Å². The molecule has 2 rings (SSSR count). The molecule has 118 valence electrons. The average molecular weight is 342 g/mol. The van der Waals surface area contributed by atoms with Crippen LogP contribution in [0.5, 0.6) is 0 Å². The van der Waals surface area contributed by atoms with Crippen LogP contribution in [0.3, 0.4) is 0 Å². The van der Waals surface area contributed by atoms with Crippen molar-refractivity contribution in [1.29, 1.82) is 0 Å². The van der Waals surface area contributed by atoms with Gasteiger partial charge in [0, 0.05) is 12.1 Å². The molecule has 0 aliphatic carbocycles. The lowest BCUT2D eigenvalue weighted by Crippen LogP contribution is -2.13. The molecule has 7 nitrogen and oxygen atoms in total. The van der Waals surface area contributed by atoms with Gasteiger partial charge in [0.25, 0.3) is 0 Å². The van der Waals surface area contributed by atoms with Crippen molar-refractivity contribution in [2.75, 3.05) is 18.2 Å². The molecule has 2 aromatic rings. The zero-order valence-electron chi connectivity index (χ0n) is 12.2. The standard InChI is InChI=1S/C13H16ClN5O2S/c1-3-10-17-18-13(19(10)16)22-11-8(14)5-7(6-9(11)15)12(20)21-4-2/h5-6H,3-4,15-16H2,1-2H3. The second-order valence-electron chi connectivity index (χ2n) is 4.32. The molecule has 0 radical (unpaired) electrons. The molecule has 0 aliphatic heterocycles. The molecule has 0 aliphatic rings. The van der Waals surface area contributed by atoms with E-state index in [1.807, 2.05) is 6.92 Å². The molecular formula is C13H16ClN5O2S. The molecule has 22 heavy (non-hydrogen) atoms. The summed E-state index contributed by atoms with van der Waals surface area (Å²) in [5.74, 6) is 6.08. The van der Waals surface area contributed by atoms with E-state index in [2.05, 4.69) is 10.2 Å². The van der Waals surface area contributed by atoms with Crippen LogP contribution in [0.25, 0.3) is 0 Å². The number of nitrogens with zero attached hydrogens (tertiary/aromatic N) is 3. The molecule has 1 aromatic carbocycles. The van der Waals surface area contributed by atoms with Gasteiger partial charge in [-0.3, -0.25) is 0 Å². The lowest BCUT2D eigenvalue weighted by Gasteiger charge is -2.10. The highest BCUT2D eigenvalue weighted by atomic mass is 35.5. The molecule has 0 amide bonds. The van der Waals surface area contributed by atoms with Crippen molar-refractivity contribution in [2.24, 2.45) is 0 Å². The van der Waals surface area contributed by atoms with Crippen LogP contribution in [-0.2, 0) is 11.2 Å². The first kappa shape index (κ1) is 16.4. The average Bonchev–Trinajstić information content (AvgIpc) is 2.83. The molecule has 9 heteroatoms. The SMILES string of the molecule is CCOC(=O)c1cc(N)c(Sc2nnc(CC)n2N)c(Cl)c1. The number of carbonyl (C=O) groups is 1. The van der Waals surface area contributed by atoms with E-state index in [-0.39, 0.29) is 6.61 Å². The van der Waals surface area contributed by atoms with Crippen LogP contribution in [0.1, 0.15) is 30.0 Å². The van der Waals surface area contributed by atoms with Gasteiger partial charge in [-0.15, -0.1) is 10.2 Å². The molecule has 1 aromatic heterocycles. The van der Waals surface area contributed by atoms with Crippen LogP contribution in [0.15, 0.2) is 22.2 Å². The topological polar surface area (TPSA) is 109 Å². The number of hydrogen-bond donors (Lipinski definition) is 2. The van der Waals surface area contributed by atoms with Crippen LogP contribution >= 0.6 is 23.4 Å². The normalized spacial score (nSPS) is 10.7. The Balaban J connectivity index is 2.32. The van der Waals surface area contributed by atoms with Gasteiger partial charge in [0.1, 0.15) is 0 Å². The fourth-order valence-electron chi connectivity index (χ4n) is 1.76. The summed E-state index contributed by atoms with van der Waals surface area (Å²) >= 11 is 7.41. The Morgan fingerprint density at radius 1 is 1.41 bits per heavy atom. The summed E-state index contributed by atoms with van der Waals surface area (Å²) < 4.78 is 6.32. The summed E-state index contributed by atoms with van der Waals surface area (Å²) in [5.41, 5.74) is 6.63. The Morgan fingerprint density at radius 2 is 2.14 bits per heavy atom. The van der Waals surface area contributed by atoms with E-state index in [0.29, 0.717) is 38.6 Å². The number of hydrogen-bond acceptors (Lipinski definition) is 7. The second kappa shape index (κ2) is 6.89. The van der Waals surface area contributed by atoms with E-state index in [0.717, 1.165) is 0 Å². The smallest absolute Gasteiger partial charge is 0.338 e. The van der Waals surface area contributed by atoms with Gasteiger partial charge in [-0.2, -0.15) is 0 Å². The van der Waals surface area contributed by atoms with Gasteiger partial charge in [0.2, 0.25) is 5.16 Å². The number of carbonyl (C=O) groups excluding carboxylic acids is 1. The molecule has 0 fully saturated rings. The molecule has 1 heterocycles. The third-order valence-electron chi connectivity index (χ3n) is 2.83. The summed E-state index contributed by atoms with van der Waals surface area (Å²) in [5, 5.41) is 8.76. The molecule has 0 unspecified atom stereocenters. The third kappa shape index (κ3) is 3.28. The van der Waals surface area contributed by atoms with Crippen molar-refractivity contribution in [3.63, 3.8) is 0 Å². The fraction of sp³-hybridized carbons (Fsp3) is 0.308. The number of esters is 1. The van der Waals surface area contributed by atoms with Crippen molar-refractivity contribution in [1.82, 2.24) is 14.9 Å². The van der Waals surface area contributed by atoms with Gasteiger partial charge < -0.3 is 16.3 Å². The first-order valence-corrected chi connectivity index (χ1v) is 7.80. The molecule has 4 N–H and O–H groups in total. The number of nitrogens with two attached hydrogens (primary N) is 2. The van der Waals surface area contributed by atoms with Gasteiger partial charge in [-0.05, 0) is 30.8 Å². The monoisotopic (exact) mass is 341 g/mol. The minimum atomic E-state index is -0.470. The van der Waals surface area contributed by atoms with Gasteiger partial charge in [-0.25, -0.2) is 9.47 Å². The van der Waals surface area contributed by atoms with E-state index < -0.39 is 5.97 Å². The summed E-state index contributed by atoms with van der Waals surface area (Å²) in [6, 6.07) is 3.03. The van der Waals surface area contributed by atoms with Gasteiger partial charge in [0.15, 0.2) is 5.82 Å². The summed E-state index contributed by atoms with van der Waals surface area (Å²) in [6.07, 6.45) is 0.662. The van der Waals surface area contributed by atoms with E-state index in [9.17, 15) is 4.79 Å². The Labute approximate surface area is 136 Å². The highest BCUT2D eigenvalue weighted by molar-refractivity contribution is 7.99. The van der Waals surface area contributed by atoms with Crippen molar-refractivity contribution in [3.8, 4) is 0 Å². The number of rotatable bonds is 5. The van der Waals surface area contributed by atoms with Gasteiger partial charge in [-0.1, -0.05) is 18.5 Å². The van der Waals surface area contributed by atoms with Crippen LogP contribution in [0.2, 0.25) is 5.02 Å². The van der Waals surface area contributed by atoms with Crippen LogP contribution in [-0.4, -0.2) is 27.4 Å². The summed E-state index contributed by atoms with van der Waals surface area (Å²) in [4.78, 5) is 12.3. The number of nitrogen functional groups attached to an aromatic ring is 2. The van der Waals surface area contributed by atoms with E-state index >= 15 is 0 Å². The largest absolute Gasteiger partial charge is 0.462 e. The predicted molar refractivity (Wildman–Crippen MR) is 85.5 cm³/mol. The van der Waals surface area contributed by atoms with Crippen molar-refractivity contribution >= 4 is 35.0 Å². The quantitative estimate of drug-likeness (QED) is 0.487. The number of benzene rings is 1. The maximum atomic E-state index is 11.7. The molecule has 0 bridgehead atoms. The number of ether oxygens (including phenoxy) is 1. The maximum absolute atomic E-state index is 11.7. The van der Waals surface area contributed by atoms with Crippen molar-refractivity contribution < 1.29 is 9.53 Å². The molecule has 0 atom stereocenters. The third-order valence-corrected chi connectivity index (χ3v) is 4.36. The highest BCUT2D eigenvalue weighted by Gasteiger charge is 2.17. The number of halogens is 1. The Morgan fingerprint density at radius 3 is 2.68 bits per heavy atom. The summed E-state index contributed by atoms with van der Waals surface area (Å²) in [6.45, 7) is 3.94. The first-order chi connectivity index (χ1) is 10.5. The maximum Gasteiger partial charge on any atom is 0.338 e. The predicted octanol–water partition coefficient (Wildman–Crippen LogP) is 2.12. The van der Waals surface area contributed by atoms with E-state index in [4.69, 9.17) is 27.9 Å². The minimum absolute atomic E-state index is 0.281. The minimum Gasteiger partial charge on any atom is -0.462 e. The zero-order valence-corrected chi connectivity index (χ0v) is 13.7. The van der Waals surface area contributed by atoms with Gasteiger partial charge >= 0.3 is 5.97 Å². The number of aryl methyl sites for hydroxylation is 1. The van der Waals surface area contributed by atoms with Crippen LogP contribution in [0.4, 0.5) is 5.69 Å². The van der Waals surface area contributed by atoms with Crippen molar-refractivity contribution in [2.45, 2.75) is 30.3 Å². The molecule has 0 spiro atoms. The lowest BCUT2D eigenvalue weighted by atomic mass is 10.2. The first-order valence-electron chi connectivity index (χ1n) is 6.61. The zero-order chi connectivity index (χ0) is 16.3. The number of anilines is 1. The Bertz CT molecular complexity index is 681. The second-order valence-corrected chi connectivity index (χ2v) is 5.71. The Kier molecular flexibility index (Phi) is 5.15. The Hall–Kier alpha value is -1.93. The molecular weight excluding hydrogens is 326 g/mol. The summed E-state index contributed by atoms with van der Waals surface area (Å²) in [7, 11) is 0. The van der Waals surface area contributed by atoms with E-state index in [1.54, 1.807) is 6.92 Å². The van der Waals surface area contributed by atoms with Crippen molar-refractivity contribution in [3.05, 3.63) is 28.5 Å². The fourth-order valence-corrected chi connectivity index (χ4v) is 2.91. The molecule has 0 saturated carbocycles. The highest BCUT2D eigenvalue weighted by Crippen LogP contribution is 2.37. The lowest BCUT2D eigenvalue weighted by molar-refractivity contribution is 0.0526. The van der Waals surface area contributed by atoms with Crippen LogP contribution in [0, 0.1) is 0 Å².